The van der Waals surface area contributed by atoms with Gasteiger partial charge < -0.3 is 19.9 Å². The highest BCUT2D eigenvalue weighted by Crippen LogP contribution is 2.30. The Morgan fingerprint density at radius 3 is 2.48 bits per heavy atom. The largest absolute Gasteiger partial charge is 0.480 e. The molecule has 0 aliphatic carbocycles. The number of thiophene rings is 1. The van der Waals surface area contributed by atoms with Gasteiger partial charge in [0.25, 0.3) is 0 Å². The van der Waals surface area contributed by atoms with Crippen molar-refractivity contribution in [3.63, 3.8) is 0 Å². The summed E-state index contributed by atoms with van der Waals surface area (Å²) in [6, 6.07) is 9.89. The minimum absolute atomic E-state index is 0.106. The maximum Gasteiger partial charge on any atom is 0.408 e. The average Bonchev–Trinajstić information content (AvgIpc) is 2.92. The number of ether oxygens (including phenoxy) is 2. The Labute approximate surface area is 150 Å². The van der Waals surface area contributed by atoms with Gasteiger partial charge in [-0.25, -0.2) is 9.59 Å². The summed E-state index contributed by atoms with van der Waals surface area (Å²) >= 11 is 1.37. The van der Waals surface area contributed by atoms with Gasteiger partial charge in [0, 0.05) is 11.3 Å². The van der Waals surface area contributed by atoms with Crippen molar-refractivity contribution >= 4 is 23.4 Å². The first-order chi connectivity index (χ1) is 11.7. The molecule has 0 saturated heterocycles. The van der Waals surface area contributed by atoms with E-state index in [0.717, 1.165) is 4.88 Å². The number of alkyl carbamates (subject to hydrolysis) is 1. The summed E-state index contributed by atoms with van der Waals surface area (Å²) in [4.78, 5) is 24.1. The summed E-state index contributed by atoms with van der Waals surface area (Å²) in [5, 5.41) is 13.6. The van der Waals surface area contributed by atoms with E-state index in [1.54, 1.807) is 26.8 Å². The van der Waals surface area contributed by atoms with E-state index in [0.29, 0.717) is 11.5 Å². The van der Waals surface area contributed by atoms with E-state index in [1.807, 2.05) is 35.7 Å². The molecule has 2 rings (SSSR count). The van der Waals surface area contributed by atoms with Crippen molar-refractivity contribution in [2.45, 2.75) is 38.8 Å². The predicted molar refractivity (Wildman–Crippen MR) is 95.3 cm³/mol. The molecule has 1 atom stereocenters. The van der Waals surface area contributed by atoms with Crippen molar-refractivity contribution < 1.29 is 24.2 Å². The highest BCUT2D eigenvalue weighted by atomic mass is 32.1. The predicted octanol–water partition coefficient (Wildman–Crippen LogP) is 4.06. The standard InChI is InChI=1S/C18H21NO5S/c1-18(2,3)24-17(22)19-13(16(20)21)11-15-14(9-10-25-15)23-12-7-5-4-6-8-12/h4-10,13H,11H2,1-3H3,(H,19,22)(H,20,21). The molecular weight excluding hydrogens is 342 g/mol. The number of benzene rings is 1. The maximum absolute atomic E-state index is 11.9. The number of carbonyl (C=O) groups is 2. The normalized spacial score (nSPS) is 12.3. The molecule has 1 unspecified atom stereocenters. The van der Waals surface area contributed by atoms with Crippen LogP contribution in [0.4, 0.5) is 4.79 Å². The van der Waals surface area contributed by atoms with Crippen LogP contribution in [0.2, 0.25) is 0 Å². The van der Waals surface area contributed by atoms with Crippen molar-refractivity contribution in [2.75, 3.05) is 0 Å². The number of aliphatic carboxylic acids is 1. The van der Waals surface area contributed by atoms with Crippen LogP contribution in [0.25, 0.3) is 0 Å². The van der Waals surface area contributed by atoms with Gasteiger partial charge in [0.05, 0.1) is 0 Å². The second kappa shape index (κ2) is 8.02. The van der Waals surface area contributed by atoms with Crippen molar-refractivity contribution in [1.82, 2.24) is 5.32 Å². The van der Waals surface area contributed by atoms with Gasteiger partial charge in [0.15, 0.2) is 0 Å². The zero-order valence-corrected chi connectivity index (χ0v) is 15.1. The Balaban J connectivity index is 2.06. The molecule has 0 spiro atoms. The number of para-hydroxylation sites is 1. The number of carbonyl (C=O) groups excluding carboxylic acids is 1. The fourth-order valence-electron chi connectivity index (χ4n) is 2.02. The van der Waals surface area contributed by atoms with E-state index in [9.17, 15) is 14.7 Å². The van der Waals surface area contributed by atoms with Gasteiger partial charge in [0.1, 0.15) is 23.1 Å². The second-order valence-corrected chi connectivity index (χ2v) is 7.36. The zero-order chi connectivity index (χ0) is 18.4. The Bertz CT molecular complexity index is 721. The monoisotopic (exact) mass is 363 g/mol. The quantitative estimate of drug-likeness (QED) is 0.808. The number of amides is 1. The summed E-state index contributed by atoms with van der Waals surface area (Å²) < 4.78 is 10.9. The molecule has 0 bridgehead atoms. The number of rotatable bonds is 6. The highest BCUT2D eigenvalue weighted by molar-refractivity contribution is 7.10. The molecule has 134 valence electrons. The first-order valence-electron chi connectivity index (χ1n) is 7.76. The molecule has 7 heteroatoms. The SMILES string of the molecule is CC(C)(C)OC(=O)NC(Cc1sccc1Oc1ccccc1)C(=O)O. The van der Waals surface area contributed by atoms with E-state index in [4.69, 9.17) is 9.47 Å². The molecule has 6 nitrogen and oxygen atoms in total. The minimum Gasteiger partial charge on any atom is -0.480 e. The third-order valence-electron chi connectivity index (χ3n) is 3.05. The molecule has 2 N–H and O–H groups in total. The lowest BCUT2D eigenvalue weighted by molar-refractivity contribution is -0.139. The summed E-state index contributed by atoms with van der Waals surface area (Å²) in [5.74, 6) is 0.104. The topological polar surface area (TPSA) is 84.9 Å². The van der Waals surface area contributed by atoms with Gasteiger partial charge in [-0.2, -0.15) is 0 Å². The molecule has 1 heterocycles. The molecule has 25 heavy (non-hydrogen) atoms. The minimum atomic E-state index is -1.13. The molecule has 1 amide bonds. The first-order valence-corrected chi connectivity index (χ1v) is 8.64. The van der Waals surface area contributed by atoms with Crippen molar-refractivity contribution in [2.24, 2.45) is 0 Å². The van der Waals surface area contributed by atoms with Crippen molar-refractivity contribution in [3.8, 4) is 11.5 Å². The van der Waals surface area contributed by atoms with E-state index in [2.05, 4.69) is 5.32 Å². The summed E-state index contributed by atoms with van der Waals surface area (Å²) in [6.45, 7) is 5.15. The van der Waals surface area contributed by atoms with Crippen molar-refractivity contribution in [1.29, 1.82) is 0 Å². The summed E-state index contributed by atoms with van der Waals surface area (Å²) in [5.41, 5.74) is -0.697. The lowest BCUT2D eigenvalue weighted by Crippen LogP contribution is -2.44. The fraction of sp³-hybridized carbons (Fsp3) is 0.333. The van der Waals surface area contributed by atoms with Crippen molar-refractivity contribution in [3.05, 3.63) is 46.7 Å². The van der Waals surface area contributed by atoms with Gasteiger partial charge in [-0.15, -0.1) is 11.3 Å². The van der Waals surface area contributed by atoms with E-state index < -0.39 is 23.7 Å². The van der Waals surface area contributed by atoms with Gasteiger partial charge in [-0.05, 0) is 44.4 Å². The van der Waals surface area contributed by atoms with Gasteiger partial charge >= 0.3 is 12.1 Å². The Morgan fingerprint density at radius 1 is 1.20 bits per heavy atom. The van der Waals surface area contributed by atoms with Gasteiger partial charge in [0.2, 0.25) is 0 Å². The van der Waals surface area contributed by atoms with Crippen LogP contribution in [0.1, 0.15) is 25.6 Å². The molecule has 0 aliphatic heterocycles. The lowest BCUT2D eigenvalue weighted by atomic mass is 10.1. The first kappa shape index (κ1) is 18.8. The number of hydrogen-bond acceptors (Lipinski definition) is 5. The Kier molecular flexibility index (Phi) is 6.03. The van der Waals surface area contributed by atoms with Crippen LogP contribution in [0.3, 0.4) is 0 Å². The van der Waals surface area contributed by atoms with Crippen LogP contribution >= 0.6 is 11.3 Å². The summed E-state index contributed by atoms with van der Waals surface area (Å²) in [7, 11) is 0. The van der Waals surface area contributed by atoms with Crippen LogP contribution in [0.5, 0.6) is 11.5 Å². The van der Waals surface area contributed by atoms with E-state index >= 15 is 0 Å². The van der Waals surface area contributed by atoms with Crippen LogP contribution in [0.15, 0.2) is 41.8 Å². The smallest absolute Gasteiger partial charge is 0.408 e. The Hall–Kier alpha value is -2.54. The Morgan fingerprint density at radius 2 is 1.88 bits per heavy atom. The lowest BCUT2D eigenvalue weighted by Gasteiger charge is -2.22. The molecule has 1 aromatic carbocycles. The summed E-state index contributed by atoms with van der Waals surface area (Å²) in [6.07, 6.45) is -0.656. The van der Waals surface area contributed by atoms with Gasteiger partial charge in [-0.3, -0.25) is 0 Å². The number of carboxylic acids is 1. The number of carboxylic acid groups (broad SMARTS) is 1. The van der Waals surface area contributed by atoms with E-state index in [1.165, 1.54) is 11.3 Å². The van der Waals surface area contributed by atoms with Crippen LogP contribution in [-0.4, -0.2) is 28.8 Å². The molecular formula is C18H21NO5S. The zero-order valence-electron chi connectivity index (χ0n) is 14.3. The molecule has 0 fully saturated rings. The third-order valence-corrected chi connectivity index (χ3v) is 3.98. The molecule has 1 aromatic heterocycles. The van der Waals surface area contributed by atoms with Crippen LogP contribution in [0, 0.1) is 0 Å². The molecule has 0 aliphatic rings. The van der Waals surface area contributed by atoms with Crippen LogP contribution in [-0.2, 0) is 16.0 Å². The van der Waals surface area contributed by atoms with E-state index in [-0.39, 0.29) is 6.42 Å². The third kappa shape index (κ3) is 6.11. The molecule has 0 saturated carbocycles. The average molecular weight is 363 g/mol. The molecule has 2 aromatic rings. The van der Waals surface area contributed by atoms with Crippen LogP contribution < -0.4 is 10.1 Å². The molecule has 0 radical (unpaired) electrons. The fourth-order valence-corrected chi connectivity index (χ4v) is 2.86. The highest BCUT2D eigenvalue weighted by Gasteiger charge is 2.25. The van der Waals surface area contributed by atoms with Gasteiger partial charge in [-0.1, -0.05) is 18.2 Å². The number of hydrogen-bond donors (Lipinski definition) is 2. The second-order valence-electron chi connectivity index (χ2n) is 6.36. The number of nitrogens with one attached hydrogen (secondary N) is 1. The maximum atomic E-state index is 11.9.